The van der Waals surface area contributed by atoms with Gasteiger partial charge in [-0.15, -0.1) is 0 Å². The Hall–Kier alpha value is -1.88. The molecule has 0 saturated carbocycles. The Morgan fingerprint density at radius 2 is 1.35 bits per heavy atom. The molecule has 4 heteroatoms. The summed E-state index contributed by atoms with van der Waals surface area (Å²) in [7, 11) is 0. The first-order valence-electron chi connectivity index (χ1n) is 5.22. The molecule has 0 aromatic heterocycles. The van der Waals surface area contributed by atoms with Gasteiger partial charge in [0.25, 0.3) is 0 Å². The molecule has 88 valence electrons. The number of rotatable bonds is 1. The molecule has 2 aromatic carbocycles. The minimum atomic E-state index is 0. The number of hydrogen-bond donors (Lipinski definition) is 2. The molecule has 5 N–H and O–H groups in total. The van der Waals surface area contributed by atoms with Crippen molar-refractivity contribution in [3.8, 4) is 11.5 Å². The fourth-order valence-electron chi connectivity index (χ4n) is 2.09. The average Bonchev–Trinajstić information content (AvgIpc) is 2.36. The van der Waals surface area contributed by atoms with Gasteiger partial charge in [-0.25, -0.2) is 5.43 Å². The third-order valence-corrected chi connectivity index (χ3v) is 2.85. The van der Waals surface area contributed by atoms with Gasteiger partial charge in [-0.3, -0.25) is 5.84 Å². The first-order valence-corrected chi connectivity index (χ1v) is 5.22. The van der Waals surface area contributed by atoms with Gasteiger partial charge in [-0.2, -0.15) is 0 Å². The molecule has 1 heterocycles. The lowest BCUT2D eigenvalue weighted by molar-refractivity contribution is 0.430. The van der Waals surface area contributed by atoms with Gasteiger partial charge >= 0.3 is 0 Å². The van der Waals surface area contributed by atoms with Crippen LogP contribution in [0.3, 0.4) is 0 Å². The summed E-state index contributed by atoms with van der Waals surface area (Å²) >= 11 is 0. The van der Waals surface area contributed by atoms with Crippen molar-refractivity contribution in [1.29, 1.82) is 0 Å². The van der Waals surface area contributed by atoms with Crippen molar-refractivity contribution in [2.24, 2.45) is 5.84 Å². The standard InChI is InChI=1S/C13H12N2O.H2O/c14-15-13-9-5-1-3-7-11(9)16-12-8-4-2-6-10(12)13;/h1-8,13,15H,14H2;1H2. The molecule has 17 heavy (non-hydrogen) atoms. The summed E-state index contributed by atoms with van der Waals surface area (Å²) < 4.78 is 5.81. The molecular formula is C13H14N2O2. The van der Waals surface area contributed by atoms with E-state index >= 15 is 0 Å². The highest BCUT2D eigenvalue weighted by Crippen LogP contribution is 2.41. The number of fused-ring (bicyclic) bond motifs is 2. The maximum atomic E-state index is 5.81. The molecule has 0 atom stereocenters. The summed E-state index contributed by atoms with van der Waals surface area (Å²) in [5.41, 5.74) is 4.98. The first-order chi connectivity index (χ1) is 7.90. The van der Waals surface area contributed by atoms with E-state index in [1.807, 2.05) is 48.5 Å². The van der Waals surface area contributed by atoms with E-state index in [0.717, 1.165) is 22.6 Å². The Morgan fingerprint density at radius 3 is 1.82 bits per heavy atom. The monoisotopic (exact) mass is 230 g/mol. The molecule has 0 saturated heterocycles. The molecular weight excluding hydrogens is 216 g/mol. The second-order valence-corrected chi connectivity index (χ2v) is 3.78. The molecule has 0 spiro atoms. The molecule has 0 radical (unpaired) electrons. The summed E-state index contributed by atoms with van der Waals surface area (Å²) in [6, 6.07) is 15.8. The third kappa shape index (κ3) is 1.78. The Kier molecular flexibility index (Phi) is 3.10. The maximum absolute atomic E-state index is 5.81. The lowest BCUT2D eigenvalue weighted by atomic mass is 9.95. The predicted molar refractivity (Wildman–Crippen MR) is 65.7 cm³/mol. The van der Waals surface area contributed by atoms with Crippen LogP contribution < -0.4 is 16.0 Å². The second kappa shape index (κ2) is 4.55. The van der Waals surface area contributed by atoms with Crippen LogP contribution in [0.5, 0.6) is 11.5 Å². The number of para-hydroxylation sites is 2. The van der Waals surface area contributed by atoms with Crippen molar-refractivity contribution in [3.63, 3.8) is 0 Å². The lowest BCUT2D eigenvalue weighted by Gasteiger charge is -2.27. The summed E-state index contributed by atoms with van der Waals surface area (Å²) in [5.74, 6) is 7.36. The van der Waals surface area contributed by atoms with E-state index in [4.69, 9.17) is 10.6 Å². The van der Waals surface area contributed by atoms with Crippen LogP contribution in [0, 0.1) is 0 Å². The molecule has 1 aliphatic heterocycles. The van der Waals surface area contributed by atoms with E-state index in [1.165, 1.54) is 0 Å². The van der Waals surface area contributed by atoms with Gasteiger partial charge in [0, 0.05) is 11.1 Å². The normalized spacial score (nSPS) is 13.0. The molecule has 0 amide bonds. The third-order valence-electron chi connectivity index (χ3n) is 2.85. The molecule has 1 aliphatic rings. The summed E-state index contributed by atoms with van der Waals surface area (Å²) in [5, 5.41) is 0. The molecule has 0 unspecified atom stereocenters. The van der Waals surface area contributed by atoms with Crippen molar-refractivity contribution in [2.45, 2.75) is 6.04 Å². The fraction of sp³-hybridized carbons (Fsp3) is 0.0769. The number of nitrogens with two attached hydrogens (primary N) is 1. The van der Waals surface area contributed by atoms with Gasteiger partial charge in [0.2, 0.25) is 0 Å². The van der Waals surface area contributed by atoms with Crippen molar-refractivity contribution in [3.05, 3.63) is 59.7 Å². The fourth-order valence-corrected chi connectivity index (χ4v) is 2.09. The quantitative estimate of drug-likeness (QED) is 0.576. The minimum Gasteiger partial charge on any atom is -0.457 e. The smallest absolute Gasteiger partial charge is 0.132 e. The molecule has 2 aromatic rings. The van der Waals surface area contributed by atoms with E-state index in [0.29, 0.717) is 0 Å². The van der Waals surface area contributed by atoms with E-state index < -0.39 is 0 Å². The molecule has 4 nitrogen and oxygen atoms in total. The van der Waals surface area contributed by atoms with Gasteiger partial charge in [0.15, 0.2) is 0 Å². The predicted octanol–water partition coefficient (Wildman–Crippen LogP) is 1.52. The van der Waals surface area contributed by atoms with E-state index in [9.17, 15) is 0 Å². The topological polar surface area (TPSA) is 78.8 Å². The number of benzene rings is 2. The Bertz CT molecular complexity index is 483. The van der Waals surface area contributed by atoms with Crippen LogP contribution >= 0.6 is 0 Å². The van der Waals surface area contributed by atoms with Crippen LogP contribution in [0.25, 0.3) is 0 Å². The van der Waals surface area contributed by atoms with Crippen LogP contribution in [0.2, 0.25) is 0 Å². The van der Waals surface area contributed by atoms with Crippen LogP contribution in [0.15, 0.2) is 48.5 Å². The van der Waals surface area contributed by atoms with Gasteiger partial charge in [0.05, 0.1) is 6.04 Å². The molecule has 0 fully saturated rings. The van der Waals surface area contributed by atoms with E-state index in [2.05, 4.69) is 5.43 Å². The Morgan fingerprint density at radius 1 is 0.882 bits per heavy atom. The van der Waals surface area contributed by atoms with Crippen molar-refractivity contribution in [1.82, 2.24) is 5.43 Å². The number of hydrazine groups is 1. The number of nitrogens with one attached hydrogen (secondary N) is 1. The average molecular weight is 230 g/mol. The van der Waals surface area contributed by atoms with Crippen LogP contribution in [-0.2, 0) is 0 Å². The number of hydrogen-bond acceptors (Lipinski definition) is 3. The minimum absolute atomic E-state index is 0. The largest absolute Gasteiger partial charge is 0.457 e. The Balaban J connectivity index is 0.00000108. The van der Waals surface area contributed by atoms with Gasteiger partial charge in [-0.1, -0.05) is 36.4 Å². The highest BCUT2D eigenvalue weighted by atomic mass is 16.5. The van der Waals surface area contributed by atoms with Crippen molar-refractivity contribution < 1.29 is 10.2 Å². The van der Waals surface area contributed by atoms with Crippen LogP contribution in [-0.4, -0.2) is 5.48 Å². The zero-order valence-corrected chi connectivity index (χ0v) is 9.18. The van der Waals surface area contributed by atoms with Crippen molar-refractivity contribution in [2.75, 3.05) is 0 Å². The highest BCUT2D eigenvalue weighted by molar-refractivity contribution is 5.52. The molecule has 3 rings (SSSR count). The SMILES string of the molecule is NNC1c2ccccc2Oc2ccccc21.O. The van der Waals surface area contributed by atoms with Crippen LogP contribution in [0.4, 0.5) is 0 Å². The number of ether oxygens (including phenoxy) is 1. The van der Waals surface area contributed by atoms with Crippen molar-refractivity contribution >= 4 is 0 Å². The summed E-state index contributed by atoms with van der Waals surface area (Å²) in [6.07, 6.45) is 0. The maximum Gasteiger partial charge on any atom is 0.132 e. The van der Waals surface area contributed by atoms with Crippen LogP contribution in [0.1, 0.15) is 17.2 Å². The first kappa shape index (κ1) is 11.6. The Labute approximate surface area is 99.3 Å². The van der Waals surface area contributed by atoms with Gasteiger partial charge in [0.1, 0.15) is 11.5 Å². The van der Waals surface area contributed by atoms with E-state index in [1.54, 1.807) is 0 Å². The van der Waals surface area contributed by atoms with Gasteiger partial charge < -0.3 is 10.2 Å². The highest BCUT2D eigenvalue weighted by Gasteiger charge is 2.25. The van der Waals surface area contributed by atoms with Gasteiger partial charge in [-0.05, 0) is 12.1 Å². The summed E-state index contributed by atoms with van der Waals surface area (Å²) in [4.78, 5) is 0. The molecule has 0 bridgehead atoms. The lowest BCUT2D eigenvalue weighted by Crippen LogP contribution is -2.30. The zero-order chi connectivity index (χ0) is 11.0. The van der Waals surface area contributed by atoms with E-state index in [-0.39, 0.29) is 11.5 Å². The second-order valence-electron chi connectivity index (χ2n) is 3.78. The zero-order valence-electron chi connectivity index (χ0n) is 9.18. The molecule has 0 aliphatic carbocycles. The summed E-state index contributed by atoms with van der Waals surface area (Å²) in [6.45, 7) is 0.